The molecule has 0 aliphatic carbocycles. The number of halogens is 4. The first-order valence-corrected chi connectivity index (χ1v) is 7.11. The summed E-state index contributed by atoms with van der Waals surface area (Å²) in [6.45, 7) is -0.374. The van der Waals surface area contributed by atoms with Crippen molar-refractivity contribution in [2.24, 2.45) is 5.16 Å². The zero-order valence-corrected chi connectivity index (χ0v) is 13.1. The molecule has 0 aromatic heterocycles. The molecule has 0 aliphatic rings. The van der Waals surface area contributed by atoms with Gasteiger partial charge in [0.2, 0.25) is 0 Å². The Labute approximate surface area is 141 Å². The van der Waals surface area contributed by atoms with Crippen molar-refractivity contribution in [3.63, 3.8) is 0 Å². The highest BCUT2D eigenvalue weighted by atomic mass is 19.4. The number of rotatable bonds is 5. The van der Waals surface area contributed by atoms with Crippen molar-refractivity contribution in [1.82, 2.24) is 5.32 Å². The average Bonchev–Trinajstić information content (AvgIpc) is 2.58. The predicted molar refractivity (Wildman–Crippen MR) is 83.6 cm³/mol. The number of carbonyl (C=O) groups is 1. The second-order valence-electron chi connectivity index (χ2n) is 5.02. The fraction of sp³-hybridized carbons (Fsp3) is 0.176. The van der Waals surface area contributed by atoms with E-state index in [1.54, 1.807) is 12.1 Å². The molecule has 0 saturated carbocycles. The summed E-state index contributed by atoms with van der Waals surface area (Å²) in [5.41, 5.74) is -0.369. The van der Waals surface area contributed by atoms with Crippen molar-refractivity contribution in [2.75, 3.05) is 7.11 Å². The second-order valence-corrected chi connectivity index (χ2v) is 5.02. The lowest BCUT2D eigenvalue weighted by molar-refractivity contribution is -0.138. The second kappa shape index (κ2) is 7.78. The molecule has 0 bridgehead atoms. The maximum atomic E-state index is 13.1. The Hall–Kier alpha value is -2.90. The van der Waals surface area contributed by atoms with Crippen LogP contribution in [0.5, 0.6) is 0 Å². The minimum absolute atomic E-state index is 0.217. The van der Waals surface area contributed by atoms with Crippen LogP contribution in [-0.2, 0) is 17.6 Å². The number of hydrogen-bond donors (Lipinski definition) is 1. The highest BCUT2D eigenvalue weighted by molar-refractivity contribution is 5.95. The summed E-state index contributed by atoms with van der Waals surface area (Å²) in [5.74, 6) is -1.54. The smallest absolute Gasteiger partial charge is 0.399 e. The van der Waals surface area contributed by atoms with E-state index in [1.165, 1.54) is 25.5 Å². The number of benzene rings is 2. The maximum absolute atomic E-state index is 13.1. The Balaban J connectivity index is 2.09. The van der Waals surface area contributed by atoms with E-state index in [-0.39, 0.29) is 17.7 Å². The predicted octanol–water partition coefficient (Wildman–Crippen LogP) is 3.75. The molecule has 1 amide bonds. The van der Waals surface area contributed by atoms with Crippen LogP contribution < -0.4 is 5.32 Å². The van der Waals surface area contributed by atoms with Crippen LogP contribution in [0, 0.1) is 5.82 Å². The van der Waals surface area contributed by atoms with E-state index in [0.29, 0.717) is 11.6 Å². The molecule has 2 aromatic carbocycles. The van der Waals surface area contributed by atoms with E-state index < -0.39 is 23.5 Å². The van der Waals surface area contributed by atoms with Crippen molar-refractivity contribution in [1.29, 1.82) is 0 Å². The molecular weight excluding hydrogens is 340 g/mol. The molecule has 132 valence electrons. The third kappa shape index (κ3) is 5.03. The first kappa shape index (κ1) is 18.4. The van der Waals surface area contributed by atoms with E-state index in [4.69, 9.17) is 0 Å². The zero-order valence-electron chi connectivity index (χ0n) is 13.1. The number of alkyl halides is 3. The summed E-state index contributed by atoms with van der Waals surface area (Å²) in [6, 6.07) is 8.55. The molecule has 2 rings (SSSR count). The molecule has 4 nitrogen and oxygen atoms in total. The molecule has 0 heterocycles. The summed E-state index contributed by atoms with van der Waals surface area (Å²) in [7, 11) is 1.39. The van der Waals surface area contributed by atoms with Gasteiger partial charge < -0.3 is 10.2 Å². The highest BCUT2D eigenvalue weighted by Gasteiger charge is 2.33. The molecule has 1 N–H and O–H groups in total. The standard InChI is InChI=1S/C17H14F4N2O2/c1-25-23-9-11-2-4-12(5-3-11)16(24)22-10-13-6-7-14(18)8-15(13)17(19,20)21/h2-9H,10H2,1H3,(H,22,24)/b23-9+. The van der Waals surface area contributed by atoms with E-state index in [9.17, 15) is 22.4 Å². The van der Waals surface area contributed by atoms with Gasteiger partial charge in [-0.25, -0.2) is 4.39 Å². The Bertz CT molecular complexity index is 771. The average molecular weight is 354 g/mol. The Morgan fingerprint density at radius 1 is 1.20 bits per heavy atom. The van der Waals surface area contributed by atoms with E-state index in [0.717, 1.165) is 12.1 Å². The van der Waals surface area contributed by atoms with Crippen LogP contribution in [0.4, 0.5) is 17.6 Å². The van der Waals surface area contributed by atoms with Crippen LogP contribution in [-0.4, -0.2) is 19.2 Å². The number of nitrogens with zero attached hydrogens (tertiary/aromatic N) is 1. The topological polar surface area (TPSA) is 50.7 Å². The molecular formula is C17H14F4N2O2. The molecule has 0 spiro atoms. The van der Waals surface area contributed by atoms with Crippen LogP contribution in [0.3, 0.4) is 0 Å². The number of oxime groups is 1. The van der Waals surface area contributed by atoms with Gasteiger partial charge in [-0.05, 0) is 35.4 Å². The van der Waals surface area contributed by atoms with Crippen molar-refractivity contribution in [3.8, 4) is 0 Å². The van der Waals surface area contributed by atoms with Crippen LogP contribution in [0.25, 0.3) is 0 Å². The van der Waals surface area contributed by atoms with Gasteiger partial charge in [-0.15, -0.1) is 0 Å². The van der Waals surface area contributed by atoms with Crippen molar-refractivity contribution < 1.29 is 27.2 Å². The molecule has 0 aliphatic heterocycles. The zero-order chi connectivity index (χ0) is 18.4. The SMILES string of the molecule is CO/N=C/c1ccc(C(=O)NCc2ccc(F)cc2C(F)(F)F)cc1. The normalized spacial score (nSPS) is 11.6. The molecule has 0 atom stereocenters. The fourth-order valence-corrected chi connectivity index (χ4v) is 2.08. The monoisotopic (exact) mass is 354 g/mol. The third-order valence-electron chi connectivity index (χ3n) is 3.30. The highest BCUT2D eigenvalue weighted by Crippen LogP contribution is 2.32. The van der Waals surface area contributed by atoms with Gasteiger partial charge in [0.25, 0.3) is 5.91 Å². The minimum atomic E-state index is -4.70. The molecule has 0 saturated heterocycles. The number of carbonyl (C=O) groups excluding carboxylic acids is 1. The lowest BCUT2D eigenvalue weighted by Crippen LogP contribution is -2.24. The molecule has 25 heavy (non-hydrogen) atoms. The van der Waals surface area contributed by atoms with Crippen LogP contribution >= 0.6 is 0 Å². The first-order chi connectivity index (χ1) is 11.8. The van der Waals surface area contributed by atoms with Crippen molar-refractivity contribution in [3.05, 3.63) is 70.5 Å². The van der Waals surface area contributed by atoms with Gasteiger partial charge in [0, 0.05) is 12.1 Å². The largest absolute Gasteiger partial charge is 0.416 e. The van der Waals surface area contributed by atoms with Crippen molar-refractivity contribution in [2.45, 2.75) is 12.7 Å². The van der Waals surface area contributed by atoms with Gasteiger partial charge in [-0.2, -0.15) is 13.2 Å². The molecule has 0 fully saturated rings. The van der Waals surface area contributed by atoms with Crippen LogP contribution in [0.15, 0.2) is 47.6 Å². The Morgan fingerprint density at radius 3 is 2.48 bits per heavy atom. The molecule has 8 heteroatoms. The van der Waals surface area contributed by atoms with Gasteiger partial charge in [0.1, 0.15) is 12.9 Å². The maximum Gasteiger partial charge on any atom is 0.416 e. The first-order valence-electron chi connectivity index (χ1n) is 7.11. The molecule has 2 aromatic rings. The van der Waals surface area contributed by atoms with Gasteiger partial charge >= 0.3 is 6.18 Å². The Kier molecular flexibility index (Phi) is 5.74. The summed E-state index contributed by atoms with van der Waals surface area (Å²) < 4.78 is 51.8. The van der Waals surface area contributed by atoms with Gasteiger partial charge in [-0.1, -0.05) is 23.4 Å². The third-order valence-corrected chi connectivity index (χ3v) is 3.30. The van der Waals surface area contributed by atoms with Gasteiger partial charge in [-0.3, -0.25) is 4.79 Å². The quantitative estimate of drug-likeness (QED) is 0.505. The number of hydrogen-bond acceptors (Lipinski definition) is 3. The van der Waals surface area contributed by atoms with Crippen LogP contribution in [0.2, 0.25) is 0 Å². The van der Waals surface area contributed by atoms with Crippen LogP contribution in [0.1, 0.15) is 27.0 Å². The van der Waals surface area contributed by atoms with E-state index in [2.05, 4.69) is 15.3 Å². The summed E-state index contributed by atoms with van der Waals surface area (Å²) >= 11 is 0. The van der Waals surface area contributed by atoms with E-state index in [1.807, 2.05) is 0 Å². The summed E-state index contributed by atoms with van der Waals surface area (Å²) in [5, 5.41) is 5.96. The lowest BCUT2D eigenvalue weighted by Gasteiger charge is -2.13. The minimum Gasteiger partial charge on any atom is -0.399 e. The summed E-state index contributed by atoms with van der Waals surface area (Å²) in [6.07, 6.45) is -3.26. The molecule has 0 unspecified atom stereocenters. The summed E-state index contributed by atoms with van der Waals surface area (Å²) in [4.78, 5) is 16.6. The molecule has 0 radical (unpaired) electrons. The van der Waals surface area contributed by atoms with Gasteiger partial charge in [0.15, 0.2) is 0 Å². The van der Waals surface area contributed by atoms with Crippen molar-refractivity contribution >= 4 is 12.1 Å². The van der Waals surface area contributed by atoms with Gasteiger partial charge in [0.05, 0.1) is 11.8 Å². The Morgan fingerprint density at radius 2 is 1.88 bits per heavy atom. The number of nitrogens with one attached hydrogen (secondary N) is 1. The number of amides is 1. The lowest BCUT2D eigenvalue weighted by atomic mass is 10.1. The van der Waals surface area contributed by atoms with E-state index >= 15 is 0 Å². The fourth-order valence-electron chi connectivity index (χ4n) is 2.08.